The van der Waals surface area contributed by atoms with Crippen LogP contribution in [0.2, 0.25) is 0 Å². The Morgan fingerprint density at radius 1 is 0.382 bits per heavy atom. The van der Waals surface area contributed by atoms with E-state index >= 15 is 0 Å². The number of ether oxygens (including phenoxy) is 4. The molecule has 1 spiro atoms. The highest BCUT2D eigenvalue weighted by Gasteiger charge is 2.53. The number of carbonyl (C=O) groups excluding carboxylic acids is 6. The van der Waals surface area contributed by atoms with Crippen molar-refractivity contribution in [3.05, 3.63) is 190 Å². The largest absolute Gasteiger partial charge is 0.419 e. The smallest absolute Gasteiger partial charge is 0.343 e. The lowest BCUT2D eigenvalue weighted by Crippen LogP contribution is -2.23. The molecule has 0 radical (unpaired) electrons. The van der Waals surface area contributed by atoms with Gasteiger partial charge in [0.15, 0.2) is 34.6 Å². The van der Waals surface area contributed by atoms with Gasteiger partial charge in [-0.1, -0.05) is 72.8 Å². The summed E-state index contributed by atoms with van der Waals surface area (Å²) in [6.45, 7) is 0. The maximum atomic E-state index is 13.9. The van der Waals surface area contributed by atoms with E-state index < -0.39 is 29.3 Å². The highest BCUT2D eigenvalue weighted by atomic mass is 16.6. The Bertz CT molecular complexity index is 2350. The van der Waals surface area contributed by atoms with E-state index in [4.69, 9.17) is 18.9 Å². The molecular formula is C45H28O10. The summed E-state index contributed by atoms with van der Waals surface area (Å²) >= 11 is 0. The average molecular weight is 729 g/mol. The van der Waals surface area contributed by atoms with Crippen molar-refractivity contribution in [1.82, 2.24) is 0 Å². The molecule has 0 unspecified atom stereocenters. The number of hydrogen-bond acceptors (Lipinski definition) is 10. The molecule has 0 aliphatic heterocycles. The maximum absolute atomic E-state index is 13.9. The third kappa shape index (κ3) is 6.57. The Labute approximate surface area is 313 Å². The fourth-order valence-electron chi connectivity index (χ4n) is 6.95. The summed E-state index contributed by atoms with van der Waals surface area (Å²) in [5.74, 6) is -4.39. The summed E-state index contributed by atoms with van der Waals surface area (Å²) < 4.78 is 23.1. The van der Waals surface area contributed by atoms with Crippen molar-refractivity contribution in [2.75, 3.05) is 0 Å². The molecule has 0 saturated carbocycles. The SMILES string of the molecule is O=C(Oc1cc2c(cc1OC(=O)c1ccccc1)C1(CC2=O)CC(=O)c2cc(OC(=O)c3ccccc3)c(OC(=O)c3ccccc3)cc21)c1ccccc1. The Kier molecular flexibility index (Phi) is 8.92. The molecule has 0 fully saturated rings. The minimum atomic E-state index is -1.30. The van der Waals surface area contributed by atoms with Gasteiger partial charge in [-0.15, -0.1) is 0 Å². The molecule has 8 rings (SSSR count). The standard InChI is InChI=1S/C45H28O10/c46-35-25-45(33-23-39(54-43(50)29-17-9-3-10-18-29)37(21-31(33)35)52-41(48)27-13-5-1-6-14-27)26-36(47)32-22-38(53-42(49)28-15-7-2-8-16-28)40(24-34(32)45)55-44(51)30-19-11-4-12-20-30/h1-24H,25-26H2. The molecule has 0 saturated heterocycles. The van der Waals surface area contributed by atoms with Crippen LogP contribution in [-0.4, -0.2) is 35.4 Å². The van der Waals surface area contributed by atoms with Gasteiger partial charge in [-0.05, 0) is 83.9 Å². The number of carbonyl (C=O) groups is 6. The molecule has 2 aliphatic carbocycles. The highest BCUT2D eigenvalue weighted by Crippen LogP contribution is 2.56. The van der Waals surface area contributed by atoms with Gasteiger partial charge in [0.2, 0.25) is 0 Å². The second kappa shape index (κ2) is 14.2. The topological polar surface area (TPSA) is 139 Å². The highest BCUT2D eigenvalue weighted by molar-refractivity contribution is 6.11. The summed E-state index contributed by atoms with van der Waals surface area (Å²) in [7, 11) is 0. The molecule has 268 valence electrons. The van der Waals surface area contributed by atoms with Crippen molar-refractivity contribution in [2.24, 2.45) is 0 Å². The molecule has 10 nitrogen and oxygen atoms in total. The molecule has 0 heterocycles. The second-order valence-corrected chi connectivity index (χ2v) is 13.0. The number of rotatable bonds is 8. The zero-order valence-corrected chi connectivity index (χ0v) is 28.9. The Morgan fingerprint density at radius 3 is 0.909 bits per heavy atom. The van der Waals surface area contributed by atoms with Crippen molar-refractivity contribution in [1.29, 1.82) is 0 Å². The molecule has 0 aromatic heterocycles. The molecule has 0 N–H and O–H groups in total. The summed E-state index contributed by atoms with van der Waals surface area (Å²) in [6, 6.07) is 38.3. The van der Waals surface area contributed by atoms with Gasteiger partial charge in [0.1, 0.15) is 0 Å². The van der Waals surface area contributed by atoms with E-state index in [0.717, 1.165) is 0 Å². The molecule has 6 aromatic carbocycles. The first-order valence-electron chi connectivity index (χ1n) is 17.2. The van der Waals surface area contributed by atoms with Gasteiger partial charge in [0, 0.05) is 29.4 Å². The average Bonchev–Trinajstić information content (AvgIpc) is 3.64. The first-order chi connectivity index (χ1) is 26.7. The van der Waals surface area contributed by atoms with Gasteiger partial charge in [0.05, 0.1) is 22.3 Å². The van der Waals surface area contributed by atoms with Crippen LogP contribution in [0, 0.1) is 0 Å². The minimum absolute atomic E-state index is 0.151. The zero-order chi connectivity index (χ0) is 38.1. The quantitative estimate of drug-likeness (QED) is 0.112. The van der Waals surface area contributed by atoms with Gasteiger partial charge in [-0.3, -0.25) is 9.59 Å². The van der Waals surface area contributed by atoms with E-state index in [1.807, 2.05) is 0 Å². The Morgan fingerprint density at radius 2 is 0.636 bits per heavy atom. The predicted molar refractivity (Wildman–Crippen MR) is 197 cm³/mol. The van der Waals surface area contributed by atoms with Crippen molar-refractivity contribution < 1.29 is 47.7 Å². The van der Waals surface area contributed by atoms with E-state index in [-0.39, 0.29) is 80.8 Å². The predicted octanol–water partition coefficient (Wildman–Crippen LogP) is 8.02. The van der Waals surface area contributed by atoms with Crippen molar-refractivity contribution in [3.8, 4) is 23.0 Å². The fourth-order valence-corrected chi connectivity index (χ4v) is 6.95. The second-order valence-electron chi connectivity index (χ2n) is 13.0. The van der Waals surface area contributed by atoms with Crippen molar-refractivity contribution in [2.45, 2.75) is 18.3 Å². The first kappa shape index (κ1) is 34.6. The lowest BCUT2D eigenvalue weighted by atomic mass is 9.76. The van der Waals surface area contributed by atoms with Crippen LogP contribution in [0.4, 0.5) is 0 Å². The van der Waals surface area contributed by atoms with E-state index in [9.17, 15) is 28.8 Å². The summed E-state index contributed by atoms with van der Waals surface area (Å²) in [6.07, 6.45) is -0.364. The minimum Gasteiger partial charge on any atom is -0.419 e. The normalized spacial score (nSPS) is 13.5. The Hall–Kier alpha value is -7.46. The Balaban J connectivity index is 1.25. The van der Waals surface area contributed by atoms with E-state index in [2.05, 4.69) is 0 Å². The molecule has 2 aliphatic rings. The molecule has 10 heteroatoms. The number of benzene rings is 6. The van der Waals surface area contributed by atoms with Crippen LogP contribution in [0.5, 0.6) is 23.0 Å². The number of ketones is 2. The number of esters is 4. The van der Waals surface area contributed by atoms with E-state index in [0.29, 0.717) is 11.1 Å². The van der Waals surface area contributed by atoms with Gasteiger partial charge >= 0.3 is 23.9 Å². The van der Waals surface area contributed by atoms with Gasteiger partial charge < -0.3 is 18.9 Å². The van der Waals surface area contributed by atoms with Gasteiger partial charge in [-0.2, -0.15) is 0 Å². The summed E-state index contributed by atoms with van der Waals surface area (Å²) in [4.78, 5) is 81.0. The van der Waals surface area contributed by atoms with Crippen LogP contribution in [0.25, 0.3) is 0 Å². The molecule has 6 aromatic rings. The lowest BCUT2D eigenvalue weighted by molar-refractivity contribution is 0.0682. The van der Waals surface area contributed by atoms with Crippen LogP contribution in [0.1, 0.15) is 86.1 Å². The number of fused-ring (bicyclic) bond motifs is 4. The van der Waals surface area contributed by atoms with Gasteiger partial charge in [-0.25, -0.2) is 19.2 Å². The molecule has 55 heavy (non-hydrogen) atoms. The third-order valence-electron chi connectivity index (χ3n) is 9.57. The van der Waals surface area contributed by atoms with Crippen LogP contribution in [0.15, 0.2) is 146 Å². The lowest BCUT2D eigenvalue weighted by Gasteiger charge is -2.26. The zero-order valence-electron chi connectivity index (χ0n) is 28.9. The summed E-state index contributed by atoms with van der Waals surface area (Å²) in [5, 5.41) is 0. The van der Waals surface area contributed by atoms with E-state index in [1.54, 1.807) is 121 Å². The van der Waals surface area contributed by atoms with Crippen molar-refractivity contribution >= 4 is 35.4 Å². The first-order valence-corrected chi connectivity index (χ1v) is 17.2. The van der Waals surface area contributed by atoms with Crippen LogP contribution in [-0.2, 0) is 5.41 Å². The molecule has 0 atom stereocenters. The maximum Gasteiger partial charge on any atom is 0.343 e. The molecule has 0 bridgehead atoms. The van der Waals surface area contributed by atoms with Crippen LogP contribution >= 0.6 is 0 Å². The molecule has 0 amide bonds. The molecular weight excluding hydrogens is 700 g/mol. The van der Waals surface area contributed by atoms with Crippen molar-refractivity contribution in [3.63, 3.8) is 0 Å². The fraction of sp³-hybridized carbons (Fsp3) is 0.0667. The van der Waals surface area contributed by atoms with Gasteiger partial charge in [0.25, 0.3) is 0 Å². The monoisotopic (exact) mass is 728 g/mol. The van der Waals surface area contributed by atoms with Crippen LogP contribution in [0.3, 0.4) is 0 Å². The number of hydrogen-bond donors (Lipinski definition) is 0. The van der Waals surface area contributed by atoms with E-state index in [1.165, 1.54) is 24.3 Å². The summed E-state index contributed by atoms with van der Waals surface area (Å²) in [5.41, 5.74) is 0.576. The third-order valence-corrected chi connectivity index (χ3v) is 9.57. The number of Topliss-reactive ketones (excluding diaryl/α,β-unsaturated/α-hetero) is 2. The van der Waals surface area contributed by atoms with Crippen LogP contribution < -0.4 is 18.9 Å².